The molecule has 0 radical (unpaired) electrons. The molecule has 0 heterocycles. The zero-order valence-electron chi connectivity index (χ0n) is 9.58. The normalized spacial score (nSPS) is 26.0. The van der Waals surface area contributed by atoms with Crippen LogP contribution in [0.15, 0.2) is 0 Å². The molecule has 0 aromatic heterocycles. The van der Waals surface area contributed by atoms with Gasteiger partial charge in [0.1, 0.15) is 0 Å². The highest BCUT2D eigenvalue weighted by Gasteiger charge is 2.23. The molecule has 15 heavy (non-hydrogen) atoms. The molecular weight excluding hydrogens is 194 g/mol. The number of aliphatic hydroxyl groups is 1. The summed E-state index contributed by atoms with van der Waals surface area (Å²) in [6.07, 6.45) is 4.04. The molecule has 2 atom stereocenters. The van der Waals surface area contributed by atoms with Gasteiger partial charge < -0.3 is 19.9 Å². The van der Waals surface area contributed by atoms with Crippen molar-refractivity contribution < 1.29 is 14.6 Å². The van der Waals surface area contributed by atoms with E-state index in [1.165, 1.54) is 0 Å². The fourth-order valence-corrected chi connectivity index (χ4v) is 1.88. The monoisotopic (exact) mass is 217 g/mol. The Hall–Kier alpha value is -0.160. The third-order valence-electron chi connectivity index (χ3n) is 2.78. The molecule has 4 nitrogen and oxygen atoms in total. The van der Waals surface area contributed by atoms with Gasteiger partial charge in [-0.15, -0.1) is 0 Å². The molecule has 1 fully saturated rings. The van der Waals surface area contributed by atoms with Crippen LogP contribution in [0.5, 0.6) is 0 Å². The first kappa shape index (κ1) is 12.9. The van der Waals surface area contributed by atoms with Crippen molar-refractivity contribution in [2.24, 2.45) is 0 Å². The summed E-state index contributed by atoms with van der Waals surface area (Å²) in [6.45, 7) is 3.02. The second kappa shape index (κ2) is 8.05. The Balaban J connectivity index is 1.84. The first-order chi connectivity index (χ1) is 7.34. The van der Waals surface area contributed by atoms with Crippen molar-refractivity contribution in [3.8, 4) is 0 Å². The largest absolute Gasteiger partial charge is 0.392 e. The molecule has 0 unspecified atom stereocenters. The van der Waals surface area contributed by atoms with Gasteiger partial charge >= 0.3 is 0 Å². The van der Waals surface area contributed by atoms with Gasteiger partial charge in [-0.05, 0) is 32.2 Å². The molecule has 0 aliphatic heterocycles. The van der Waals surface area contributed by atoms with Crippen LogP contribution in [-0.2, 0) is 9.47 Å². The molecule has 2 N–H and O–H groups in total. The quantitative estimate of drug-likeness (QED) is 0.583. The molecule has 0 aromatic rings. The molecule has 90 valence electrons. The Labute approximate surface area is 92.0 Å². The van der Waals surface area contributed by atoms with Crippen LogP contribution in [0.1, 0.15) is 25.7 Å². The third-order valence-corrected chi connectivity index (χ3v) is 2.78. The zero-order valence-corrected chi connectivity index (χ0v) is 9.58. The van der Waals surface area contributed by atoms with Gasteiger partial charge in [0.25, 0.3) is 0 Å². The molecule has 1 aliphatic carbocycles. The number of hydrogen-bond donors (Lipinski definition) is 2. The van der Waals surface area contributed by atoms with Crippen molar-refractivity contribution in [3.05, 3.63) is 0 Å². The summed E-state index contributed by atoms with van der Waals surface area (Å²) < 4.78 is 10.2. The van der Waals surface area contributed by atoms with Gasteiger partial charge in [0, 0.05) is 19.8 Å². The van der Waals surface area contributed by atoms with E-state index in [0.717, 1.165) is 38.8 Å². The number of ether oxygens (including phenoxy) is 2. The Morgan fingerprint density at radius 1 is 1.27 bits per heavy atom. The summed E-state index contributed by atoms with van der Waals surface area (Å²) in [5.74, 6) is 0. The minimum atomic E-state index is -0.139. The van der Waals surface area contributed by atoms with E-state index >= 15 is 0 Å². The Kier molecular flexibility index (Phi) is 6.92. The number of rotatable bonds is 8. The average Bonchev–Trinajstić information content (AvgIpc) is 2.63. The van der Waals surface area contributed by atoms with E-state index in [1.54, 1.807) is 7.11 Å². The van der Waals surface area contributed by atoms with Crippen LogP contribution in [-0.4, -0.2) is 50.7 Å². The highest BCUT2D eigenvalue weighted by atomic mass is 16.5. The number of aliphatic hydroxyl groups excluding tert-OH is 1. The molecule has 0 spiro atoms. The lowest BCUT2D eigenvalue weighted by Gasteiger charge is -2.16. The highest BCUT2D eigenvalue weighted by molar-refractivity contribution is 4.82. The molecule has 4 heteroatoms. The first-order valence-corrected chi connectivity index (χ1v) is 5.82. The highest BCUT2D eigenvalue weighted by Crippen LogP contribution is 2.18. The Bertz CT molecular complexity index is 155. The van der Waals surface area contributed by atoms with E-state index in [0.29, 0.717) is 19.3 Å². The minimum absolute atomic E-state index is 0.139. The topological polar surface area (TPSA) is 50.7 Å². The maximum absolute atomic E-state index is 9.55. The van der Waals surface area contributed by atoms with E-state index in [1.807, 2.05) is 0 Å². The van der Waals surface area contributed by atoms with E-state index in [4.69, 9.17) is 9.47 Å². The SMILES string of the molecule is COCCOCCCN[C@@H]1CCC[C@H]1O. The van der Waals surface area contributed by atoms with Gasteiger partial charge in [-0.2, -0.15) is 0 Å². The smallest absolute Gasteiger partial charge is 0.0700 e. The summed E-state index contributed by atoms with van der Waals surface area (Å²) in [6, 6.07) is 0.309. The van der Waals surface area contributed by atoms with Gasteiger partial charge in [-0.25, -0.2) is 0 Å². The maximum atomic E-state index is 9.55. The lowest BCUT2D eigenvalue weighted by molar-refractivity contribution is 0.0684. The van der Waals surface area contributed by atoms with E-state index < -0.39 is 0 Å². The lowest BCUT2D eigenvalue weighted by Crippen LogP contribution is -2.36. The van der Waals surface area contributed by atoms with E-state index in [2.05, 4.69) is 5.32 Å². The molecular formula is C11H23NO3. The Morgan fingerprint density at radius 2 is 2.13 bits per heavy atom. The summed E-state index contributed by atoms with van der Waals surface area (Å²) in [5, 5.41) is 12.9. The van der Waals surface area contributed by atoms with Gasteiger partial charge in [0.2, 0.25) is 0 Å². The van der Waals surface area contributed by atoms with E-state index in [9.17, 15) is 5.11 Å². The summed E-state index contributed by atoms with van der Waals surface area (Å²) in [5.41, 5.74) is 0. The summed E-state index contributed by atoms with van der Waals surface area (Å²) in [7, 11) is 1.67. The second-order valence-electron chi connectivity index (χ2n) is 4.02. The lowest BCUT2D eigenvalue weighted by atomic mass is 10.2. The van der Waals surface area contributed by atoms with E-state index in [-0.39, 0.29) is 6.10 Å². The predicted molar refractivity (Wildman–Crippen MR) is 59.0 cm³/mol. The fourth-order valence-electron chi connectivity index (χ4n) is 1.88. The average molecular weight is 217 g/mol. The van der Waals surface area contributed by atoms with Crippen molar-refractivity contribution in [3.63, 3.8) is 0 Å². The van der Waals surface area contributed by atoms with Crippen LogP contribution < -0.4 is 5.32 Å². The van der Waals surface area contributed by atoms with Crippen LogP contribution in [0.4, 0.5) is 0 Å². The fraction of sp³-hybridized carbons (Fsp3) is 1.00. The standard InChI is InChI=1S/C11H23NO3/c1-14-8-9-15-7-3-6-12-10-4-2-5-11(10)13/h10-13H,2-9H2,1H3/t10-,11-/m1/s1. The Morgan fingerprint density at radius 3 is 2.80 bits per heavy atom. The first-order valence-electron chi connectivity index (χ1n) is 5.82. The van der Waals surface area contributed by atoms with Gasteiger partial charge in [0.15, 0.2) is 0 Å². The number of hydrogen-bond acceptors (Lipinski definition) is 4. The summed E-state index contributed by atoms with van der Waals surface area (Å²) >= 11 is 0. The van der Waals surface area contributed by atoms with Crippen molar-refractivity contribution in [2.45, 2.75) is 37.8 Å². The van der Waals surface area contributed by atoms with Gasteiger partial charge in [-0.3, -0.25) is 0 Å². The van der Waals surface area contributed by atoms with Crippen LogP contribution in [0, 0.1) is 0 Å². The number of nitrogens with one attached hydrogen (secondary N) is 1. The van der Waals surface area contributed by atoms with Crippen LogP contribution in [0.25, 0.3) is 0 Å². The predicted octanol–water partition coefficient (Wildman–Crippen LogP) is 0.542. The van der Waals surface area contributed by atoms with Gasteiger partial charge in [0.05, 0.1) is 19.3 Å². The molecule has 0 aromatic carbocycles. The number of methoxy groups -OCH3 is 1. The maximum Gasteiger partial charge on any atom is 0.0700 e. The molecule has 0 saturated heterocycles. The second-order valence-corrected chi connectivity index (χ2v) is 4.02. The van der Waals surface area contributed by atoms with Crippen LogP contribution in [0.3, 0.4) is 0 Å². The summed E-state index contributed by atoms with van der Waals surface area (Å²) in [4.78, 5) is 0. The zero-order chi connectivity index (χ0) is 10.9. The minimum Gasteiger partial charge on any atom is -0.392 e. The molecule has 0 amide bonds. The van der Waals surface area contributed by atoms with Crippen molar-refractivity contribution in [2.75, 3.05) is 33.5 Å². The third kappa shape index (κ3) is 5.47. The van der Waals surface area contributed by atoms with Crippen molar-refractivity contribution in [1.29, 1.82) is 0 Å². The molecule has 0 bridgehead atoms. The van der Waals surface area contributed by atoms with Gasteiger partial charge in [-0.1, -0.05) is 0 Å². The van der Waals surface area contributed by atoms with Crippen LogP contribution in [0.2, 0.25) is 0 Å². The van der Waals surface area contributed by atoms with Crippen molar-refractivity contribution in [1.82, 2.24) is 5.32 Å². The molecule has 1 rings (SSSR count). The molecule has 1 aliphatic rings. The molecule has 1 saturated carbocycles. The van der Waals surface area contributed by atoms with Crippen LogP contribution >= 0.6 is 0 Å². The van der Waals surface area contributed by atoms with Crippen molar-refractivity contribution >= 4 is 0 Å².